The van der Waals surface area contributed by atoms with E-state index in [1.165, 1.54) is 0 Å². The first kappa shape index (κ1) is 7.50. The van der Waals surface area contributed by atoms with Gasteiger partial charge in [-0.25, -0.2) is 0 Å². The number of alkyl halides is 2. The van der Waals surface area contributed by atoms with Gasteiger partial charge in [0.05, 0.1) is 6.10 Å². The van der Waals surface area contributed by atoms with E-state index >= 15 is 0 Å². The van der Waals surface area contributed by atoms with Gasteiger partial charge in [0.2, 0.25) is 0 Å². The maximum atomic E-state index is 8.55. The van der Waals surface area contributed by atoms with E-state index in [9.17, 15) is 0 Å². The fraction of sp³-hybridized carbons (Fsp3) is 1.00. The van der Waals surface area contributed by atoms with Crippen LogP contribution in [0, 0.1) is 0 Å². The molecular weight excluding hydrogens is 137 g/mol. The van der Waals surface area contributed by atoms with Gasteiger partial charge in [0, 0.05) is 6.54 Å². The summed E-state index contributed by atoms with van der Waals surface area (Å²) < 4.78 is 0. The zero-order valence-electron chi connectivity index (χ0n) is 3.64. The zero-order chi connectivity index (χ0) is 5.86. The van der Waals surface area contributed by atoms with Crippen molar-refractivity contribution in [1.29, 1.82) is 0 Å². The lowest BCUT2D eigenvalue weighted by Crippen LogP contribution is -2.25. The van der Waals surface area contributed by atoms with Gasteiger partial charge in [-0.1, -0.05) is 0 Å². The minimum atomic E-state index is -0.789. The van der Waals surface area contributed by atoms with Crippen LogP contribution in [0.4, 0.5) is 0 Å². The monoisotopic (exact) mass is 143 g/mol. The van der Waals surface area contributed by atoms with Crippen LogP contribution >= 0.6 is 23.2 Å². The number of hydrogen-bond donors (Lipinski definition) is 2. The van der Waals surface area contributed by atoms with E-state index in [0.29, 0.717) is 0 Å². The molecule has 1 atom stereocenters. The molecule has 0 saturated heterocycles. The molecule has 0 aliphatic heterocycles. The highest BCUT2D eigenvalue weighted by molar-refractivity contribution is 6.44. The topological polar surface area (TPSA) is 46.2 Å². The van der Waals surface area contributed by atoms with Crippen LogP contribution in [0.2, 0.25) is 0 Å². The number of hydrogen-bond acceptors (Lipinski definition) is 2. The van der Waals surface area contributed by atoms with Crippen LogP contribution in [-0.2, 0) is 0 Å². The van der Waals surface area contributed by atoms with Gasteiger partial charge in [-0.05, 0) is 0 Å². The summed E-state index contributed by atoms with van der Waals surface area (Å²) in [6, 6.07) is 0. The molecule has 0 heterocycles. The Kier molecular flexibility index (Phi) is 3.75. The number of nitrogens with two attached hydrogens (primary N) is 1. The summed E-state index contributed by atoms with van der Waals surface area (Å²) in [6.45, 7) is 0.109. The second-order valence-corrected chi connectivity index (χ2v) is 2.30. The van der Waals surface area contributed by atoms with E-state index < -0.39 is 10.9 Å². The molecule has 0 radical (unpaired) electrons. The van der Waals surface area contributed by atoms with Crippen LogP contribution < -0.4 is 5.73 Å². The number of rotatable bonds is 2. The molecular formula is C3H7Cl2NO. The first-order chi connectivity index (χ1) is 3.18. The van der Waals surface area contributed by atoms with Crippen LogP contribution in [0.5, 0.6) is 0 Å². The third kappa shape index (κ3) is 3.12. The molecule has 0 amide bonds. The molecule has 0 saturated carbocycles. The molecule has 4 heteroatoms. The lowest BCUT2D eigenvalue weighted by molar-refractivity contribution is 0.197. The highest BCUT2D eigenvalue weighted by atomic mass is 35.5. The zero-order valence-corrected chi connectivity index (χ0v) is 5.15. The molecule has 0 aliphatic carbocycles. The van der Waals surface area contributed by atoms with Gasteiger partial charge in [-0.3, -0.25) is 0 Å². The first-order valence-electron chi connectivity index (χ1n) is 1.84. The summed E-state index contributed by atoms with van der Waals surface area (Å²) >= 11 is 10.3. The van der Waals surface area contributed by atoms with Crippen molar-refractivity contribution >= 4 is 23.2 Å². The lowest BCUT2D eigenvalue weighted by Gasteiger charge is -2.05. The number of aliphatic hydroxyl groups is 1. The van der Waals surface area contributed by atoms with Crippen LogP contribution in [0.1, 0.15) is 0 Å². The Labute approximate surface area is 52.2 Å². The highest BCUT2D eigenvalue weighted by Crippen LogP contribution is 2.05. The Morgan fingerprint density at radius 3 is 2.00 bits per heavy atom. The van der Waals surface area contributed by atoms with Gasteiger partial charge in [-0.2, -0.15) is 0 Å². The molecule has 0 fully saturated rings. The second kappa shape index (κ2) is 3.50. The maximum absolute atomic E-state index is 8.55. The van der Waals surface area contributed by atoms with Crippen LogP contribution in [0.15, 0.2) is 0 Å². The fourth-order valence-electron chi connectivity index (χ4n) is 0.103. The smallest absolute Gasteiger partial charge is 0.134 e. The average molecular weight is 144 g/mol. The Morgan fingerprint density at radius 2 is 2.00 bits per heavy atom. The fourth-order valence-corrected chi connectivity index (χ4v) is 0.309. The Morgan fingerprint density at radius 1 is 1.57 bits per heavy atom. The second-order valence-electron chi connectivity index (χ2n) is 1.14. The van der Waals surface area contributed by atoms with E-state index in [1.807, 2.05) is 0 Å². The predicted octanol–water partition coefficient (Wildman–Crippen LogP) is 0.110. The van der Waals surface area contributed by atoms with Crippen molar-refractivity contribution in [1.82, 2.24) is 0 Å². The van der Waals surface area contributed by atoms with E-state index in [4.69, 9.17) is 34.0 Å². The Hall–Kier alpha value is 0.500. The quantitative estimate of drug-likeness (QED) is 0.540. The van der Waals surface area contributed by atoms with Crippen LogP contribution in [-0.4, -0.2) is 22.6 Å². The van der Waals surface area contributed by atoms with Gasteiger partial charge in [-0.15, -0.1) is 23.2 Å². The van der Waals surface area contributed by atoms with Crippen LogP contribution in [0.3, 0.4) is 0 Å². The minimum absolute atomic E-state index is 0.109. The minimum Gasteiger partial charge on any atom is -0.389 e. The number of halogens is 2. The third-order valence-corrected chi connectivity index (χ3v) is 1.11. The van der Waals surface area contributed by atoms with Crippen molar-refractivity contribution < 1.29 is 5.11 Å². The highest BCUT2D eigenvalue weighted by Gasteiger charge is 2.08. The maximum Gasteiger partial charge on any atom is 0.134 e. The molecule has 0 spiro atoms. The van der Waals surface area contributed by atoms with Crippen molar-refractivity contribution in [3.05, 3.63) is 0 Å². The molecule has 44 valence electrons. The Bertz CT molecular complexity index is 50.2. The SMILES string of the molecule is NCC(O)C(Cl)Cl. The standard InChI is InChI=1S/C3H7Cl2NO/c4-3(5)2(7)1-6/h2-3,7H,1,6H2. The lowest BCUT2D eigenvalue weighted by atomic mass is 10.4. The van der Waals surface area contributed by atoms with Crippen molar-refractivity contribution in [3.8, 4) is 0 Å². The molecule has 0 bridgehead atoms. The van der Waals surface area contributed by atoms with Gasteiger partial charge in [0.15, 0.2) is 0 Å². The molecule has 0 aromatic rings. The Balaban J connectivity index is 3.14. The van der Waals surface area contributed by atoms with Crippen molar-refractivity contribution in [2.24, 2.45) is 5.73 Å². The number of aliphatic hydroxyl groups excluding tert-OH is 1. The normalized spacial score (nSPS) is 15.0. The molecule has 0 aliphatic rings. The van der Waals surface area contributed by atoms with Crippen molar-refractivity contribution in [2.45, 2.75) is 10.9 Å². The van der Waals surface area contributed by atoms with Crippen LogP contribution in [0.25, 0.3) is 0 Å². The van der Waals surface area contributed by atoms with Gasteiger partial charge < -0.3 is 10.8 Å². The van der Waals surface area contributed by atoms with Crippen molar-refractivity contribution in [2.75, 3.05) is 6.54 Å². The largest absolute Gasteiger partial charge is 0.389 e. The predicted molar refractivity (Wildman–Crippen MR) is 30.6 cm³/mol. The molecule has 3 N–H and O–H groups in total. The van der Waals surface area contributed by atoms with Gasteiger partial charge >= 0.3 is 0 Å². The summed E-state index contributed by atoms with van der Waals surface area (Å²) in [5, 5.41) is 8.55. The average Bonchev–Trinajstić information content (AvgIpc) is 1.65. The third-order valence-electron chi connectivity index (χ3n) is 0.532. The molecule has 2 nitrogen and oxygen atoms in total. The molecule has 0 rings (SSSR count). The molecule has 0 aromatic carbocycles. The summed E-state index contributed by atoms with van der Waals surface area (Å²) in [4.78, 5) is -0.759. The molecule has 0 aromatic heterocycles. The molecule has 7 heavy (non-hydrogen) atoms. The van der Waals surface area contributed by atoms with E-state index in [-0.39, 0.29) is 6.54 Å². The van der Waals surface area contributed by atoms with E-state index in [1.54, 1.807) is 0 Å². The summed E-state index contributed by atoms with van der Waals surface area (Å²) in [5.41, 5.74) is 4.95. The van der Waals surface area contributed by atoms with Gasteiger partial charge in [0.1, 0.15) is 4.84 Å². The van der Waals surface area contributed by atoms with E-state index in [0.717, 1.165) is 0 Å². The van der Waals surface area contributed by atoms with Crippen molar-refractivity contribution in [3.63, 3.8) is 0 Å². The molecule has 1 unspecified atom stereocenters. The summed E-state index contributed by atoms with van der Waals surface area (Å²) in [5.74, 6) is 0. The van der Waals surface area contributed by atoms with Gasteiger partial charge in [0.25, 0.3) is 0 Å². The first-order valence-corrected chi connectivity index (χ1v) is 2.72. The summed E-state index contributed by atoms with van der Waals surface area (Å²) in [6.07, 6.45) is -0.789. The van der Waals surface area contributed by atoms with E-state index in [2.05, 4.69) is 0 Å². The summed E-state index contributed by atoms with van der Waals surface area (Å²) in [7, 11) is 0.